The van der Waals surface area contributed by atoms with Crippen LogP contribution in [0.4, 0.5) is 0 Å². The zero-order valence-corrected chi connectivity index (χ0v) is 15.3. The van der Waals surface area contributed by atoms with Gasteiger partial charge in [0.15, 0.2) is 5.69 Å². The van der Waals surface area contributed by atoms with Crippen LogP contribution in [0, 0.1) is 0 Å². The average Bonchev–Trinajstić information content (AvgIpc) is 3.41. The summed E-state index contributed by atoms with van der Waals surface area (Å²) in [4.78, 5) is 4.48. The van der Waals surface area contributed by atoms with E-state index in [2.05, 4.69) is 15.2 Å². The first-order valence-electron chi connectivity index (χ1n) is 9.02. The number of nitrogens with zero attached hydrogens (tertiary/aromatic N) is 4. The second-order valence-corrected chi connectivity index (χ2v) is 6.56. The molecule has 1 aliphatic heterocycles. The standard InChI is InChI=1S/C21H18N4O3/c1-26-17-9-7-14(8-10-17)19-12-25-16(13-27-19)11-18(23-25)21-22-20(24-28-21)15-5-3-2-4-6-15/h2-11,19H,12-13H2,1H3/t19-/m0/s1. The van der Waals surface area contributed by atoms with E-state index in [-0.39, 0.29) is 6.10 Å². The van der Waals surface area contributed by atoms with Crippen LogP contribution in [0.25, 0.3) is 23.0 Å². The molecule has 28 heavy (non-hydrogen) atoms. The minimum atomic E-state index is -0.0614. The van der Waals surface area contributed by atoms with E-state index in [1.54, 1.807) is 7.11 Å². The van der Waals surface area contributed by atoms with E-state index in [1.165, 1.54) is 0 Å². The Balaban J connectivity index is 1.38. The maximum atomic E-state index is 6.02. The molecule has 0 N–H and O–H groups in total. The molecular weight excluding hydrogens is 356 g/mol. The maximum Gasteiger partial charge on any atom is 0.278 e. The highest BCUT2D eigenvalue weighted by molar-refractivity contribution is 5.57. The number of aromatic nitrogens is 4. The quantitative estimate of drug-likeness (QED) is 0.540. The summed E-state index contributed by atoms with van der Waals surface area (Å²) in [7, 11) is 1.66. The normalized spacial score (nSPS) is 16.0. The predicted octanol–water partition coefficient (Wildman–Crippen LogP) is 3.88. The SMILES string of the molecule is COc1ccc([C@@H]2Cn3nc(-c4nc(-c5ccccc5)no4)cc3CO2)cc1. The van der Waals surface area contributed by atoms with Gasteiger partial charge in [-0.25, -0.2) is 0 Å². The van der Waals surface area contributed by atoms with E-state index in [9.17, 15) is 0 Å². The number of fused-ring (bicyclic) bond motifs is 1. The summed E-state index contributed by atoms with van der Waals surface area (Å²) in [5.74, 6) is 1.78. The summed E-state index contributed by atoms with van der Waals surface area (Å²) in [5, 5.41) is 8.72. The van der Waals surface area contributed by atoms with Crippen LogP contribution in [0.15, 0.2) is 65.2 Å². The van der Waals surface area contributed by atoms with Gasteiger partial charge in [0.05, 0.1) is 26.0 Å². The molecule has 7 heteroatoms. The van der Waals surface area contributed by atoms with Crippen LogP contribution in [0.5, 0.6) is 5.75 Å². The number of hydrogen-bond acceptors (Lipinski definition) is 6. The second-order valence-electron chi connectivity index (χ2n) is 6.56. The van der Waals surface area contributed by atoms with Crippen LogP contribution in [0.2, 0.25) is 0 Å². The van der Waals surface area contributed by atoms with E-state index in [4.69, 9.17) is 14.0 Å². The molecule has 4 aromatic rings. The Bertz CT molecular complexity index is 1090. The van der Waals surface area contributed by atoms with E-state index >= 15 is 0 Å². The highest BCUT2D eigenvalue weighted by Crippen LogP contribution is 2.30. The van der Waals surface area contributed by atoms with Crippen LogP contribution in [-0.2, 0) is 17.9 Å². The molecule has 1 atom stereocenters. The lowest BCUT2D eigenvalue weighted by atomic mass is 10.1. The minimum absolute atomic E-state index is 0.0614. The topological polar surface area (TPSA) is 75.2 Å². The second kappa shape index (κ2) is 6.94. The van der Waals surface area contributed by atoms with Gasteiger partial charge >= 0.3 is 0 Å². The molecule has 1 aliphatic rings. The van der Waals surface area contributed by atoms with Gasteiger partial charge in [-0.2, -0.15) is 10.1 Å². The predicted molar refractivity (Wildman–Crippen MR) is 101 cm³/mol. The Morgan fingerprint density at radius 1 is 1.07 bits per heavy atom. The van der Waals surface area contributed by atoms with Crippen LogP contribution in [0.3, 0.4) is 0 Å². The Kier molecular flexibility index (Phi) is 4.14. The smallest absolute Gasteiger partial charge is 0.278 e. The average molecular weight is 374 g/mol. The Labute approximate surface area is 161 Å². The number of hydrogen-bond donors (Lipinski definition) is 0. The van der Waals surface area contributed by atoms with Crippen molar-refractivity contribution in [1.82, 2.24) is 19.9 Å². The molecule has 0 spiro atoms. The molecule has 140 valence electrons. The fraction of sp³-hybridized carbons (Fsp3) is 0.190. The third-order valence-electron chi connectivity index (χ3n) is 4.80. The molecule has 0 aliphatic carbocycles. The molecule has 3 heterocycles. The van der Waals surface area contributed by atoms with Gasteiger partial charge in [-0.3, -0.25) is 4.68 Å². The third kappa shape index (κ3) is 3.05. The summed E-state index contributed by atoms with van der Waals surface area (Å²) in [6, 6.07) is 19.6. The van der Waals surface area contributed by atoms with Gasteiger partial charge in [0.1, 0.15) is 11.9 Å². The van der Waals surface area contributed by atoms with E-state index in [1.807, 2.05) is 65.3 Å². The van der Waals surface area contributed by atoms with Crippen LogP contribution in [-0.4, -0.2) is 27.0 Å². The fourth-order valence-electron chi connectivity index (χ4n) is 3.28. The van der Waals surface area contributed by atoms with Gasteiger partial charge < -0.3 is 14.0 Å². The lowest BCUT2D eigenvalue weighted by molar-refractivity contribution is -0.00115. The van der Waals surface area contributed by atoms with Crippen molar-refractivity contribution >= 4 is 0 Å². The van der Waals surface area contributed by atoms with E-state index in [0.29, 0.717) is 30.6 Å². The van der Waals surface area contributed by atoms with Crippen molar-refractivity contribution in [2.75, 3.05) is 7.11 Å². The van der Waals surface area contributed by atoms with Gasteiger partial charge in [-0.15, -0.1) is 0 Å². The van der Waals surface area contributed by atoms with Crippen molar-refractivity contribution in [3.05, 3.63) is 71.9 Å². The molecule has 0 fully saturated rings. The van der Waals surface area contributed by atoms with Gasteiger partial charge in [0.25, 0.3) is 5.89 Å². The van der Waals surface area contributed by atoms with Gasteiger partial charge in [0, 0.05) is 5.56 Å². The van der Waals surface area contributed by atoms with Crippen LogP contribution in [0.1, 0.15) is 17.4 Å². The van der Waals surface area contributed by atoms with Crippen molar-refractivity contribution < 1.29 is 14.0 Å². The van der Waals surface area contributed by atoms with Gasteiger partial charge in [-0.1, -0.05) is 47.6 Å². The third-order valence-corrected chi connectivity index (χ3v) is 4.80. The molecule has 2 aromatic heterocycles. The van der Waals surface area contributed by atoms with Crippen molar-refractivity contribution in [3.63, 3.8) is 0 Å². The zero-order valence-electron chi connectivity index (χ0n) is 15.3. The molecular formula is C21H18N4O3. The zero-order chi connectivity index (χ0) is 18.9. The summed E-state index contributed by atoms with van der Waals surface area (Å²) in [6.07, 6.45) is -0.0614. The number of methoxy groups -OCH3 is 1. The first kappa shape index (κ1) is 16.7. The molecule has 0 bridgehead atoms. The molecule has 0 radical (unpaired) electrons. The summed E-state index contributed by atoms with van der Waals surface area (Å²) in [5.41, 5.74) is 3.64. The van der Waals surface area contributed by atoms with Crippen LogP contribution < -0.4 is 4.74 Å². The maximum absolute atomic E-state index is 6.02. The number of benzene rings is 2. The first-order chi connectivity index (χ1) is 13.8. The molecule has 5 rings (SSSR count). The fourth-order valence-corrected chi connectivity index (χ4v) is 3.28. The molecule has 7 nitrogen and oxygen atoms in total. The first-order valence-corrected chi connectivity index (χ1v) is 9.02. The van der Waals surface area contributed by atoms with E-state index in [0.717, 1.165) is 22.6 Å². The molecule has 2 aromatic carbocycles. The van der Waals surface area contributed by atoms with Crippen molar-refractivity contribution in [1.29, 1.82) is 0 Å². The lowest BCUT2D eigenvalue weighted by Crippen LogP contribution is -2.21. The molecule has 0 amide bonds. The largest absolute Gasteiger partial charge is 0.497 e. The Morgan fingerprint density at radius 2 is 1.89 bits per heavy atom. The van der Waals surface area contributed by atoms with Gasteiger partial charge in [-0.05, 0) is 23.8 Å². The lowest BCUT2D eigenvalue weighted by Gasteiger charge is -2.24. The van der Waals surface area contributed by atoms with Gasteiger partial charge in [0.2, 0.25) is 5.82 Å². The highest BCUT2D eigenvalue weighted by Gasteiger charge is 2.24. The highest BCUT2D eigenvalue weighted by atomic mass is 16.5. The number of ether oxygens (including phenoxy) is 2. The van der Waals surface area contributed by atoms with Crippen molar-refractivity contribution in [3.8, 4) is 28.7 Å². The number of rotatable bonds is 4. The summed E-state index contributed by atoms with van der Waals surface area (Å²) < 4.78 is 18.6. The Hall–Kier alpha value is -3.45. The summed E-state index contributed by atoms with van der Waals surface area (Å²) in [6.45, 7) is 1.10. The van der Waals surface area contributed by atoms with Crippen molar-refractivity contribution in [2.45, 2.75) is 19.3 Å². The van der Waals surface area contributed by atoms with Crippen LogP contribution >= 0.6 is 0 Å². The molecule has 0 saturated carbocycles. The Morgan fingerprint density at radius 3 is 2.68 bits per heavy atom. The van der Waals surface area contributed by atoms with Crippen molar-refractivity contribution in [2.24, 2.45) is 0 Å². The minimum Gasteiger partial charge on any atom is -0.497 e. The molecule has 0 saturated heterocycles. The molecule has 0 unspecified atom stereocenters. The monoisotopic (exact) mass is 374 g/mol. The van der Waals surface area contributed by atoms with E-state index < -0.39 is 0 Å². The summed E-state index contributed by atoms with van der Waals surface area (Å²) >= 11 is 0.